The summed E-state index contributed by atoms with van der Waals surface area (Å²) in [5.74, 6) is -0.218. The van der Waals surface area contributed by atoms with E-state index >= 15 is 0 Å². The lowest BCUT2D eigenvalue weighted by Gasteiger charge is -2.09. The zero-order valence-electron chi connectivity index (χ0n) is 10.2. The van der Waals surface area contributed by atoms with Gasteiger partial charge >= 0.3 is 0 Å². The number of carbonyl (C=O) groups excluding carboxylic acids is 1. The second-order valence-electron chi connectivity index (χ2n) is 4.15. The second kappa shape index (κ2) is 5.63. The van der Waals surface area contributed by atoms with Crippen molar-refractivity contribution in [2.24, 2.45) is 0 Å². The molecule has 1 amide bonds. The Hall–Kier alpha value is -1.52. The predicted molar refractivity (Wildman–Crippen MR) is 82.7 cm³/mol. The highest BCUT2D eigenvalue weighted by Crippen LogP contribution is 2.23. The molecule has 0 aliphatic rings. The van der Waals surface area contributed by atoms with Gasteiger partial charge in [-0.2, -0.15) is 0 Å². The summed E-state index contributed by atoms with van der Waals surface area (Å²) in [6.45, 7) is 1.93. The molecule has 2 aromatic carbocycles. The van der Waals surface area contributed by atoms with Gasteiger partial charge in [0.2, 0.25) is 0 Å². The van der Waals surface area contributed by atoms with E-state index in [1.54, 1.807) is 18.2 Å². The summed E-state index contributed by atoms with van der Waals surface area (Å²) in [4.78, 5) is 12.1. The van der Waals surface area contributed by atoms with Crippen LogP contribution in [0.1, 0.15) is 15.9 Å². The molecule has 0 aliphatic heterocycles. The molecule has 0 atom stereocenters. The third kappa shape index (κ3) is 3.28. The minimum Gasteiger partial charge on any atom is -0.398 e. The van der Waals surface area contributed by atoms with Crippen molar-refractivity contribution >= 4 is 44.8 Å². The van der Waals surface area contributed by atoms with E-state index in [1.165, 1.54) is 0 Å². The van der Waals surface area contributed by atoms with Crippen LogP contribution in [0.4, 0.5) is 11.4 Å². The third-order valence-electron chi connectivity index (χ3n) is 2.71. The number of carbonyl (C=O) groups is 1. The Bertz CT molecular complexity index is 643. The monoisotopic (exact) mass is 338 g/mol. The van der Waals surface area contributed by atoms with Gasteiger partial charge in [0.15, 0.2) is 0 Å². The Morgan fingerprint density at radius 3 is 2.68 bits per heavy atom. The third-order valence-corrected chi connectivity index (χ3v) is 3.54. The van der Waals surface area contributed by atoms with Gasteiger partial charge in [-0.25, -0.2) is 0 Å². The number of anilines is 2. The molecule has 0 saturated carbocycles. The van der Waals surface area contributed by atoms with Gasteiger partial charge in [-0.05, 0) is 42.8 Å². The summed E-state index contributed by atoms with van der Waals surface area (Å²) in [5, 5.41) is 3.29. The largest absolute Gasteiger partial charge is 0.398 e. The first-order chi connectivity index (χ1) is 8.97. The molecule has 0 aromatic heterocycles. The van der Waals surface area contributed by atoms with Gasteiger partial charge in [-0.15, -0.1) is 0 Å². The van der Waals surface area contributed by atoms with Crippen LogP contribution in [0, 0.1) is 6.92 Å². The van der Waals surface area contributed by atoms with E-state index < -0.39 is 0 Å². The fourth-order valence-corrected chi connectivity index (χ4v) is 2.09. The summed E-state index contributed by atoms with van der Waals surface area (Å²) in [6.07, 6.45) is 0. The SMILES string of the molecule is Cc1ccc(Br)cc1NC(=O)c1ccc(Cl)c(N)c1. The molecule has 2 aromatic rings. The van der Waals surface area contributed by atoms with E-state index in [0.29, 0.717) is 16.3 Å². The molecule has 19 heavy (non-hydrogen) atoms. The number of benzene rings is 2. The Kier molecular flexibility index (Phi) is 4.12. The van der Waals surface area contributed by atoms with E-state index in [4.69, 9.17) is 17.3 Å². The summed E-state index contributed by atoms with van der Waals surface area (Å²) < 4.78 is 0.907. The smallest absolute Gasteiger partial charge is 0.255 e. The Balaban J connectivity index is 2.25. The molecular formula is C14H12BrClN2O. The number of aryl methyl sites for hydroxylation is 1. The lowest BCUT2D eigenvalue weighted by atomic mass is 10.1. The molecule has 0 saturated heterocycles. The van der Waals surface area contributed by atoms with Crippen LogP contribution in [0.3, 0.4) is 0 Å². The normalized spacial score (nSPS) is 10.3. The number of nitrogens with one attached hydrogen (secondary N) is 1. The van der Waals surface area contributed by atoms with E-state index in [1.807, 2.05) is 25.1 Å². The van der Waals surface area contributed by atoms with Crippen molar-refractivity contribution in [2.75, 3.05) is 11.1 Å². The van der Waals surface area contributed by atoms with E-state index in [0.717, 1.165) is 15.7 Å². The van der Waals surface area contributed by atoms with E-state index in [9.17, 15) is 4.79 Å². The van der Waals surface area contributed by atoms with Gasteiger partial charge < -0.3 is 11.1 Å². The summed E-state index contributed by atoms with van der Waals surface area (Å²) in [5.41, 5.74) is 8.29. The molecule has 3 N–H and O–H groups in total. The van der Waals surface area contributed by atoms with Crippen molar-refractivity contribution in [3.8, 4) is 0 Å². The first kappa shape index (κ1) is 13.9. The highest BCUT2D eigenvalue weighted by Gasteiger charge is 2.09. The highest BCUT2D eigenvalue weighted by molar-refractivity contribution is 9.10. The average molecular weight is 340 g/mol. The predicted octanol–water partition coefficient (Wildman–Crippen LogP) is 4.25. The topological polar surface area (TPSA) is 55.1 Å². The number of halogens is 2. The van der Waals surface area contributed by atoms with Gasteiger partial charge in [-0.3, -0.25) is 4.79 Å². The van der Waals surface area contributed by atoms with Crippen molar-refractivity contribution in [1.82, 2.24) is 0 Å². The van der Waals surface area contributed by atoms with Crippen molar-refractivity contribution in [1.29, 1.82) is 0 Å². The Morgan fingerprint density at radius 2 is 2.00 bits per heavy atom. The quantitative estimate of drug-likeness (QED) is 0.804. The molecule has 5 heteroatoms. The summed E-state index contributed by atoms with van der Waals surface area (Å²) in [7, 11) is 0. The molecule has 0 radical (unpaired) electrons. The number of nitrogen functional groups attached to an aromatic ring is 1. The first-order valence-electron chi connectivity index (χ1n) is 5.60. The molecule has 0 spiro atoms. The average Bonchev–Trinajstić information content (AvgIpc) is 2.37. The highest BCUT2D eigenvalue weighted by atomic mass is 79.9. The van der Waals surface area contributed by atoms with Crippen molar-refractivity contribution in [2.45, 2.75) is 6.92 Å². The molecule has 3 nitrogen and oxygen atoms in total. The molecule has 0 fully saturated rings. The van der Waals surface area contributed by atoms with Crippen LogP contribution in [-0.2, 0) is 0 Å². The van der Waals surface area contributed by atoms with Crippen molar-refractivity contribution in [3.05, 3.63) is 57.0 Å². The molecule has 0 aliphatic carbocycles. The van der Waals surface area contributed by atoms with Gasteiger partial charge in [0.05, 0.1) is 10.7 Å². The molecule has 2 rings (SSSR count). The molecular weight excluding hydrogens is 328 g/mol. The Morgan fingerprint density at radius 1 is 1.26 bits per heavy atom. The maximum atomic E-state index is 12.1. The number of hydrogen-bond donors (Lipinski definition) is 2. The number of amides is 1. The molecule has 98 valence electrons. The van der Waals surface area contributed by atoms with Gasteiger partial charge in [0.25, 0.3) is 5.91 Å². The van der Waals surface area contributed by atoms with Gasteiger partial charge in [0.1, 0.15) is 0 Å². The minimum absolute atomic E-state index is 0.218. The molecule has 0 unspecified atom stereocenters. The Labute approximate surface area is 124 Å². The van der Waals surface area contributed by atoms with Crippen LogP contribution in [0.5, 0.6) is 0 Å². The van der Waals surface area contributed by atoms with Gasteiger partial charge in [0, 0.05) is 15.7 Å². The molecule has 0 heterocycles. The standard InChI is InChI=1S/C14H12BrClN2O/c1-8-2-4-10(15)7-13(8)18-14(19)9-3-5-11(16)12(17)6-9/h2-7H,17H2,1H3,(H,18,19). The van der Waals surface area contributed by atoms with E-state index in [2.05, 4.69) is 21.2 Å². The van der Waals surface area contributed by atoms with Crippen LogP contribution in [0.2, 0.25) is 5.02 Å². The summed E-state index contributed by atoms with van der Waals surface area (Å²) in [6, 6.07) is 10.5. The fourth-order valence-electron chi connectivity index (χ4n) is 1.61. The zero-order chi connectivity index (χ0) is 14.0. The van der Waals surface area contributed by atoms with Crippen molar-refractivity contribution in [3.63, 3.8) is 0 Å². The van der Waals surface area contributed by atoms with Crippen LogP contribution in [-0.4, -0.2) is 5.91 Å². The van der Waals surface area contributed by atoms with Crippen LogP contribution in [0.15, 0.2) is 40.9 Å². The lowest BCUT2D eigenvalue weighted by Crippen LogP contribution is -2.13. The van der Waals surface area contributed by atoms with Crippen molar-refractivity contribution < 1.29 is 4.79 Å². The second-order valence-corrected chi connectivity index (χ2v) is 5.47. The minimum atomic E-state index is -0.218. The lowest BCUT2D eigenvalue weighted by molar-refractivity contribution is 0.102. The maximum Gasteiger partial charge on any atom is 0.255 e. The fraction of sp³-hybridized carbons (Fsp3) is 0.0714. The van der Waals surface area contributed by atoms with Crippen LogP contribution in [0.25, 0.3) is 0 Å². The number of hydrogen-bond acceptors (Lipinski definition) is 2. The maximum absolute atomic E-state index is 12.1. The zero-order valence-corrected chi connectivity index (χ0v) is 12.5. The number of nitrogens with two attached hydrogens (primary N) is 1. The van der Waals surface area contributed by atoms with E-state index in [-0.39, 0.29) is 5.91 Å². The first-order valence-corrected chi connectivity index (χ1v) is 6.77. The van der Waals surface area contributed by atoms with Crippen LogP contribution >= 0.6 is 27.5 Å². The van der Waals surface area contributed by atoms with Crippen LogP contribution < -0.4 is 11.1 Å². The van der Waals surface area contributed by atoms with Gasteiger partial charge in [-0.1, -0.05) is 33.6 Å². The summed E-state index contributed by atoms with van der Waals surface area (Å²) >= 11 is 9.20. The molecule has 0 bridgehead atoms. The number of rotatable bonds is 2.